The number of aromatic nitrogens is 1. The van der Waals surface area contributed by atoms with Crippen LogP contribution in [0.25, 0.3) is 10.4 Å². The van der Waals surface area contributed by atoms with E-state index in [-0.39, 0.29) is 6.10 Å². The van der Waals surface area contributed by atoms with Crippen LogP contribution in [0.4, 0.5) is 4.79 Å². The normalized spacial score (nSPS) is 23.0. The van der Waals surface area contributed by atoms with Gasteiger partial charge in [0.25, 0.3) is 0 Å². The maximum Gasteiger partial charge on any atom is 0.404 e. The van der Waals surface area contributed by atoms with Crippen molar-refractivity contribution in [2.45, 2.75) is 67.1 Å². The molecule has 1 heterocycles. The zero-order chi connectivity index (χ0) is 18.8. The molecular formula is C20H23BrN2O2S2. The SMILES string of the molecule is NC(=O)OC1CCC(c2ncc(-c3ccc(Br)cc3SC3CCC3)s2)CC1. The molecule has 4 nitrogen and oxygen atoms in total. The molecule has 4 rings (SSSR count). The number of thiazole rings is 1. The maximum atomic E-state index is 10.9. The third-order valence-electron chi connectivity index (χ3n) is 5.38. The number of hydrogen-bond donors (Lipinski definition) is 1. The summed E-state index contributed by atoms with van der Waals surface area (Å²) >= 11 is 7.43. The molecule has 27 heavy (non-hydrogen) atoms. The topological polar surface area (TPSA) is 65.2 Å². The van der Waals surface area contributed by atoms with Crippen molar-refractivity contribution in [3.05, 3.63) is 33.9 Å². The molecular weight excluding hydrogens is 444 g/mol. The fourth-order valence-electron chi connectivity index (χ4n) is 3.66. The molecule has 2 N–H and O–H groups in total. The number of amides is 1. The van der Waals surface area contributed by atoms with E-state index < -0.39 is 6.09 Å². The van der Waals surface area contributed by atoms with Crippen LogP contribution in [0.1, 0.15) is 55.9 Å². The lowest BCUT2D eigenvalue weighted by Gasteiger charge is -2.26. The van der Waals surface area contributed by atoms with Crippen molar-refractivity contribution in [1.82, 2.24) is 4.98 Å². The monoisotopic (exact) mass is 466 g/mol. The quantitative estimate of drug-likeness (QED) is 0.557. The van der Waals surface area contributed by atoms with Gasteiger partial charge in [0.05, 0.1) is 9.88 Å². The third-order valence-corrected chi connectivity index (χ3v) is 8.47. The molecule has 0 aliphatic heterocycles. The molecule has 1 aromatic heterocycles. The van der Waals surface area contributed by atoms with Gasteiger partial charge >= 0.3 is 6.09 Å². The number of thioether (sulfide) groups is 1. The molecule has 0 saturated heterocycles. The van der Waals surface area contributed by atoms with Crippen LogP contribution < -0.4 is 5.73 Å². The molecule has 1 amide bonds. The minimum Gasteiger partial charge on any atom is -0.446 e. The number of carbonyl (C=O) groups excluding carboxylic acids is 1. The second-order valence-corrected chi connectivity index (χ2v) is 10.6. The van der Waals surface area contributed by atoms with E-state index in [1.807, 2.05) is 29.3 Å². The second-order valence-electron chi connectivity index (χ2n) is 7.28. The van der Waals surface area contributed by atoms with E-state index in [2.05, 4.69) is 34.1 Å². The summed E-state index contributed by atoms with van der Waals surface area (Å²) in [7, 11) is 0. The minimum atomic E-state index is -0.665. The van der Waals surface area contributed by atoms with E-state index in [0.717, 1.165) is 35.4 Å². The summed E-state index contributed by atoms with van der Waals surface area (Å²) in [6.07, 6.45) is 9.05. The number of nitrogens with zero attached hydrogens (tertiary/aromatic N) is 1. The fourth-order valence-corrected chi connectivity index (χ4v) is 6.79. The Hall–Kier alpha value is -1.05. The number of ether oxygens (including phenoxy) is 1. The smallest absolute Gasteiger partial charge is 0.404 e. The Kier molecular flexibility index (Phi) is 6.09. The number of rotatable bonds is 5. The van der Waals surface area contributed by atoms with Crippen LogP contribution in [0.5, 0.6) is 0 Å². The zero-order valence-electron chi connectivity index (χ0n) is 15.0. The summed E-state index contributed by atoms with van der Waals surface area (Å²) in [5, 5.41) is 1.95. The highest BCUT2D eigenvalue weighted by Gasteiger charge is 2.27. The lowest BCUT2D eigenvalue weighted by molar-refractivity contribution is 0.0787. The number of primary amides is 1. The summed E-state index contributed by atoms with van der Waals surface area (Å²) in [5.74, 6) is 0.453. The van der Waals surface area contributed by atoms with Gasteiger partial charge in [0, 0.05) is 32.3 Å². The predicted octanol–water partition coefficient (Wildman–Crippen LogP) is 6.34. The molecule has 2 fully saturated rings. The summed E-state index contributed by atoms with van der Waals surface area (Å²) in [6.45, 7) is 0. The largest absolute Gasteiger partial charge is 0.446 e. The Labute approximate surface area is 176 Å². The van der Waals surface area contributed by atoms with Gasteiger partial charge in [-0.1, -0.05) is 28.4 Å². The van der Waals surface area contributed by atoms with E-state index in [4.69, 9.17) is 15.5 Å². The van der Waals surface area contributed by atoms with Crippen molar-refractivity contribution in [2.75, 3.05) is 0 Å². The van der Waals surface area contributed by atoms with Gasteiger partial charge in [0.1, 0.15) is 6.10 Å². The maximum absolute atomic E-state index is 10.9. The van der Waals surface area contributed by atoms with Crippen LogP contribution in [0.15, 0.2) is 33.8 Å². The van der Waals surface area contributed by atoms with Gasteiger partial charge in [-0.3, -0.25) is 0 Å². The van der Waals surface area contributed by atoms with Crippen LogP contribution in [0.3, 0.4) is 0 Å². The lowest BCUT2D eigenvalue weighted by atomic mass is 9.88. The summed E-state index contributed by atoms with van der Waals surface area (Å²) in [6, 6.07) is 6.57. The van der Waals surface area contributed by atoms with Gasteiger partial charge in [-0.15, -0.1) is 23.1 Å². The Morgan fingerprint density at radius 2 is 2.00 bits per heavy atom. The Morgan fingerprint density at radius 1 is 1.22 bits per heavy atom. The molecule has 144 valence electrons. The van der Waals surface area contributed by atoms with Crippen molar-refractivity contribution in [1.29, 1.82) is 0 Å². The Balaban J connectivity index is 1.47. The van der Waals surface area contributed by atoms with Gasteiger partial charge in [-0.2, -0.15) is 0 Å². The molecule has 0 radical (unpaired) electrons. The van der Waals surface area contributed by atoms with Crippen molar-refractivity contribution in [3.8, 4) is 10.4 Å². The highest BCUT2D eigenvalue weighted by molar-refractivity contribution is 9.10. The first-order valence-electron chi connectivity index (χ1n) is 9.47. The van der Waals surface area contributed by atoms with Gasteiger partial charge in [-0.25, -0.2) is 9.78 Å². The molecule has 0 atom stereocenters. The van der Waals surface area contributed by atoms with E-state index in [9.17, 15) is 4.79 Å². The highest BCUT2D eigenvalue weighted by Crippen LogP contribution is 2.44. The average molecular weight is 467 g/mol. The second kappa shape index (κ2) is 8.53. The van der Waals surface area contributed by atoms with Gasteiger partial charge in [0.15, 0.2) is 0 Å². The zero-order valence-corrected chi connectivity index (χ0v) is 18.2. The first kappa shape index (κ1) is 19.3. The standard InChI is InChI=1S/C20H23BrN2O2S2/c21-13-6-9-16(17(10-13)26-15-2-1-3-15)18-11-23-19(27-18)12-4-7-14(8-5-12)25-20(22)24/h6,9-12,14-15H,1-5,7-8H2,(H2,22,24). The number of hydrogen-bond acceptors (Lipinski definition) is 5. The third kappa shape index (κ3) is 4.69. The molecule has 0 bridgehead atoms. The van der Waals surface area contributed by atoms with Crippen LogP contribution in [-0.2, 0) is 4.74 Å². The lowest BCUT2D eigenvalue weighted by Crippen LogP contribution is -2.26. The molecule has 2 aromatic rings. The Morgan fingerprint density at radius 3 is 2.67 bits per heavy atom. The van der Waals surface area contributed by atoms with E-state index >= 15 is 0 Å². The number of benzene rings is 1. The highest BCUT2D eigenvalue weighted by atomic mass is 79.9. The van der Waals surface area contributed by atoms with Crippen LogP contribution >= 0.6 is 39.0 Å². The van der Waals surface area contributed by atoms with Crippen molar-refractivity contribution >= 4 is 45.1 Å². The van der Waals surface area contributed by atoms with E-state index in [1.54, 1.807) is 0 Å². The molecule has 0 spiro atoms. The number of nitrogens with two attached hydrogens (primary N) is 1. The summed E-state index contributed by atoms with van der Waals surface area (Å²) < 4.78 is 6.27. The van der Waals surface area contributed by atoms with Crippen molar-refractivity contribution in [2.24, 2.45) is 5.73 Å². The van der Waals surface area contributed by atoms with Crippen LogP contribution in [0, 0.1) is 0 Å². The predicted molar refractivity (Wildman–Crippen MR) is 114 cm³/mol. The minimum absolute atomic E-state index is 0.0323. The molecule has 2 aliphatic carbocycles. The summed E-state index contributed by atoms with van der Waals surface area (Å²) in [4.78, 5) is 18.3. The van der Waals surface area contributed by atoms with E-state index in [0.29, 0.717) is 5.92 Å². The molecule has 7 heteroatoms. The summed E-state index contributed by atoms with van der Waals surface area (Å²) in [5.41, 5.74) is 6.43. The average Bonchev–Trinajstić information content (AvgIpc) is 3.08. The van der Waals surface area contributed by atoms with Crippen LogP contribution in [-0.4, -0.2) is 22.4 Å². The number of carbonyl (C=O) groups is 1. The van der Waals surface area contributed by atoms with Crippen LogP contribution in [0.2, 0.25) is 0 Å². The first-order chi connectivity index (χ1) is 13.1. The Bertz CT molecular complexity index is 814. The first-order valence-corrected chi connectivity index (χ1v) is 12.0. The fraction of sp³-hybridized carbons (Fsp3) is 0.500. The van der Waals surface area contributed by atoms with Crippen molar-refractivity contribution in [3.63, 3.8) is 0 Å². The van der Waals surface area contributed by atoms with Crippen molar-refractivity contribution < 1.29 is 9.53 Å². The molecule has 2 aliphatic rings. The molecule has 1 aromatic carbocycles. The molecule has 2 saturated carbocycles. The molecule has 0 unspecified atom stereocenters. The van der Waals surface area contributed by atoms with E-state index in [1.165, 1.54) is 39.6 Å². The van der Waals surface area contributed by atoms with Gasteiger partial charge in [-0.05, 0) is 50.7 Å². The number of halogens is 1. The van der Waals surface area contributed by atoms with Gasteiger partial charge in [0.2, 0.25) is 0 Å². The van der Waals surface area contributed by atoms with Gasteiger partial charge < -0.3 is 10.5 Å².